The lowest BCUT2D eigenvalue weighted by molar-refractivity contribution is -0.0586. The summed E-state index contributed by atoms with van der Waals surface area (Å²) in [6.45, 7) is 6.88. The number of aryl methyl sites for hydroxylation is 1. The fraction of sp³-hybridized carbons (Fsp3) is 0.412. The van der Waals surface area contributed by atoms with Crippen molar-refractivity contribution in [3.05, 3.63) is 46.7 Å². The number of rotatable bonds is 2. The number of nitrogens with zero attached hydrogens (tertiary/aromatic N) is 3. The van der Waals surface area contributed by atoms with E-state index in [1.54, 1.807) is 9.58 Å². The summed E-state index contributed by atoms with van der Waals surface area (Å²) in [4.78, 5) is 14.7. The van der Waals surface area contributed by atoms with Crippen molar-refractivity contribution in [1.29, 1.82) is 0 Å². The van der Waals surface area contributed by atoms with Crippen molar-refractivity contribution in [3.8, 4) is 5.69 Å². The fourth-order valence-electron chi connectivity index (χ4n) is 2.98. The number of morpholine rings is 1. The zero-order valence-electron chi connectivity index (χ0n) is 13.5. The van der Waals surface area contributed by atoms with E-state index in [1.165, 1.54) is 0 Å². The van der Waals surface area contributed by atoms with E-state index in [0.717, 1.165) is 5.69 Å². The van der Waals surface area contributed by atoms with Crippen molar-refractivity contribution < 1.29 is 9.53 Å². The third kappa shape index (κ3) is 3.12. The molecule has 3 rings (SSSR count). The zero-order chi connectivity index (χ0) is 16.6. The number of carbonyl (C=O) groups excluding carboxylic acids is 1. The van der Waals surface area contributed by atoms with Crippen molar-refractivity contribution in [2.24, 2.45) is 0 Å². The molecule has 2 atom stereocenters. The van der Waals surface area contributed by atoms with Crippen LogP contribution in [0.1, 0.15) is 29.9 Å². The molecule has 1 aromatic carbocycles. The van der Waals surface area contributed by atoms with Crippen molar-refractivity contribution >= 4 is 17.5 Å². The summed E-state index contributed by atoms with van der Waals surface area (Å²) in [6, 6.07) is 9.57. The van der Waals surface area contributed by atoms with E-state index in [4.69, 9.17) is 16.3 Å². The Morgan fingerprint density at radius 1 is 1.22 bits per heavy atom. The number of halogens is 1. The van der Waals surface area contributed by atoms with Gasteiger partial charge in [-0.2, -0.15) is 5.10 Å². The van der Waals surface area contributed by atoms with Crippen LogP contribution < -0.4 is 0 Å². The minimum atomic E-state index is -0.0864. The Labute approximate surface area is 140 Å². The van der Waals surface area contributed by atoms with Gasteiger partial charge in [-0.25, -0.2) is 4.68 Å². The highest BCUT2D eigenvalue weighted by Gasteiger charge is 2.30. The van der Waals surface area contributed by atoms with Gasteiger partial charge < -0.3 is 9.64 Å². The maximum Gasteiger partial charge on any atom is 0.259 e. The molecule has 2 unspecified atom stereocenters. The number of hydrogen-bond acceptors (Lipinski definition) is 3. The smallest absolute Gasteiger partial charge is 0.259 e. The Balaban J connectivity index is 1.94. The van der Waals surface area contributed by atoms with Crippen LogP contribution in [0.3, 0.4) is 0 Å². The minimum absolute atomic E-state index is 0.0194. The highest BCUT2D eigenvalue weighted by molar-refractivity contribution is 6.33. The topological polar surface area (TPSA) is 47.4 Å². The van der Waals surface area contributed by atoms with Crippen LogP contribution in [-0.4, -0.2) is 45.9 Å². The van der Waals surface area contributed by atoms with E-state index in [1.807, 2.05) is 51.1 Å². The molecule has 2 heterocycles. The van der Waals surface area contributed by atoms with E-state index in [9.17, 15) is 4.79 Å². The number of amides is 1. The molecule has 23 heavy (non-hydrogen) atoms. The number of ether oxygens (including phenoxy) is 1. The van der Waals surface area contributed by atoms with E-state index < -0.39 is 0 Å². The molecule has 5 nitrogen and oxygen atoms in total. The molecule has 122 valence electrons. The molecule has 0 aliphatic carbocycles. The summed E-state index contributed by atoms with van der Waals surface area (Å²) < 4.78 is 7.30. The van der Waals surface area contributed by atoms with E-state index >= 15 is 0 Å². The average Bonchev–Trinajstić information content (AvgIpc) is 2.81. The second-order valence-corrected chi connectivity index (χ2v) is 6.32. The first-order chi connectivity index (χ1) is 11.0. The van der Waals surface area contributed by atoms with Crippen LogP contribution in [0.4, 0.5) is 0 Å². The predicted octanol–water partition coefficient (Wildman–Crippen LogP) is 3.08. The highest BCUT2D eigenvalue weighted by atomic mass is 35.5. The van der Waals surface area contributed by atoms with Gasteiger partial charge in [0, 0.05) is 13.1 Å². The number of aromatic nitrogens is 2. The number of carbonyl (C=O) groups is 1. The molecular formula is C17H20ClN3O2. The summed E-state index contributed by atoms with van der Waals surface area (Å²) in [7, 11) is 0. The van der Waals surface area contributed by atoms with Crippen molar-refractivity contribution in [2.75, 3.05) is 13.1 Å². The molecule has 1 saturated heterocycles. The van der Waals surface area contributed by atoms with Gasteiger partial charge in [-0.1, -0.05) is 29.8 Å². The Morgan fingerprint density at radius 3 is 2.43 bits per heavy atom. The number of para-hydroxylation sites is 1. The molecule has 1 aromatic heterocycles. The Bertz CT molecular complexity index is 704. The van der Waals surface area contributed by atoms with Gasteiger partial charge in [0.05, 0.1) is 29.2 Å². The van der Waals surface area contributed by atoms with Gasteiger partial charge in [0.2, 0.25) is 0 Å². The lowest BCUT2D eigenvalue weighted by Crippen LogP contribution is -2.48. The van der Waals surface area contributed by atoms with Gasteiger partial charge in [-0.05, 0) is 32.9 Å². The first-order valence-electron chi connectivity index (χ1n) is 7.72. The maximum atomic E-state index is 12.9. The van der Waals surface area contributed by atoms with Crippen LogP contribution in [0.5, 0.6) is 0 Å². The van der Waals surface area contributed by atoms with E-state index in [-0.39, 0.29) is 18.1 Å². The second kappa shape index (κ2) is 6.34. The third-order valence-corrected chi connectivity index (χ3v) is 4.27. The molecule has 0 spiro atoms. The third-order valence-electron chi connectivity index (χ3n) is 3.93. The predicted molar refractivity (Wildman–Crippen MR) is 89.2 cm³/mol. The first kappa shape index (κ1) is 16.0. The molecule has 0 bridgehead atoms. The van der Waals surface area contributed by atoms with Gasteiger partial charge in [-0.15, -0.1) is 0 Å². The molecule has 0 radical (unpaired) electrons. The molecule has 0 N–H and O–H groups in total. The SMILES string of the molecule is Cc1nn(-c2ccccc2)c(Cl)c1C(=O)N1CC(C)OC(C)C1. The summed E-state index contributed by atoms with van der Waals surface area (Å²) in [5, 5.41) is 4.79. The van der Waals surface area contributed by atoms with Crippen LogP contribution in [0.2, 0.25) is 5.15 Å². The molecule has 1 fully saturated rings. The van der Waals surface area contributed by atoms with Gasteiger partial charge in [-0.3, -0.25) is 4.79 Å². The molecule has 6 heteroatoms. The lowest BCUT2D eigenvalue weighted by atomic mass is 10.1. The Kier molecular flexibility index (Phi) is 4.41. The number of hydrogen-bond donors (Lipinski definition) is 0. The molecule has 0 saturated carbocycles. The lowest BCUT2D eigenvalue weighted by Gasteiger charge is -2.35. The molecule has 1 amide bonds. The average molecular weight is 334 g/mol. The minimum Gasteiger partial charge on any atom is -0.372 e. The van der Waals surface area contributed by atoms with Crippen LogP contribution in [0.15, 0.2) is 30.3 Å². The summed E-state index contributed by atoms with van der Waals surface area (Å²) >= 11 is 6.47. The van der Waals surface area contributed by atoms with Crippen LogP contribution in [0.25, 0.3) is 5.69 Å². The van der Waals surface area contributed by atoms with Crippen molar-refractivity contribution in [2.45, 2.75) is 33.0 Å². The normalized spacial score (nSPS) is 21.5. The van der Waals surface area contributed by atoms with Crippen LogP contribution in [-0.2, 0) is 4.74 Å². The zero-order valence-corrected chi connectivity index (χ0v) is 14.2. The van der Waals surface area contributed by atoms with Gasteiger partial charge >= 0.3 is 0 Å². The molecule has 1 aliphatic rings. The second-order valence-electron chi connectivity index (χ2n) is 5.97. The van der Waals surface area contributed by atoms with Crippen molar-refractivity contribution in [3.63, 3.8) is 0 Å². The fourth-order valence-corrected chi connectivity index (χ4v) is 3.34. The van der Waals surface area contributed by atoms with Crippen LogP contribution in [0, 0.1) is 6.92 Å². The first-order valence-corrected chi connectivity index (χ1v) is 8.10. The summed E-state index contributed by atoms with van der Waals surface area (Å²) in [6.07, 6.45) is 0.0388. The van der Waals surface area contributed by atoms with Crippen LogP contribution >= 0.6 is 11.6 Å². The quantitative estimate of drug-likeness (QED) is 0.848. The number of benzene rings is 1. The molecule has 2 aromatic rings. The highest BCUT2D eigenvalue weighted by Crippen LogP contribution is 2.26. The summed E-state index contributed by atoms with van der Waals surface area (Å²) in [5.74, 6) is -0.0864. The van der Waals surface area contributed by atoms with Gasteiger partial charge in [0.25, 0.3) is 5.91 Å². The molecule has 1 aliphatic heterocycles. The Morgan fingerprint density at radius 2 is 1.83 bits per heavy atom. The van der Waals surface area contributed by atoms with Gasteiger partial charge in [0.15, 0.2) is 0 Å². The monoisotopic (exact) mass is 333 g/mol. The Hall–Kier alpha value is -1.85. The largest absolute Gasteiger partial charge is 0.372 e. The standard InChI is InChI=1S/C17H20ClN3O2/c1-11-9-20(10-12(2)23-11)17(22)15-13(3)19-21(16(15)18)14-7-5-4-6-8-14/h4-8,11-12H,9-10H2,1-3H3. The molecular weight excluding hydrogens is 314 g/mol. The maximum absolute atomic E-state index is 12.9. The van der Waals surface area contributed by atoms with Crippen molar-refractivity contribution in [1.82, 2.24) is 14.7 Å². The van der Waals surface area contributed by atoms with Gasteiger partial charge in [0.1, 0.15) is 5.15 Å². The van der Waals surface area contributed by atoms with E-state index in [2.05, 4.69) is 5.10 Å². The van der Waals surface area contributed by atoms with E-state index in [0.29, 0.717) is 29.5 Å². The summed E-state index contributed by atoms with van der Waals surface area (Å²) in [5.41, 5.74) is 1.94.